The summed E-state index contributed by atoms with van der Waals surface area (Å²) in [5.74, 6) is 0.724. The van der Waals surface area contributed by atoms with E-state index in [-0.39, 0.29) is 5.78 Å². The van der Waals surface area contributed by atoms with Crippen LogP contribution in [0.4, 0.5) is 17.1 Å². The van der Waals surface area contributed by atoms with Gasteiger partial charge in [-0.2, -0.15) is 0 Å². The van der Waals surface area contributed by atoms with Gasteiger partial charge in [0.15, 0.2) is 0 Å². The molecule has 0 aliphatic carbocycles. The van der Waals surface area contributed by atoms with Gasteiger partial charge < -0.3 is 15.8 Å². The zero-order valence-corrected chi connectivity index (χ0v) is 16.6. The number of anilines is 3. The van der Waals surface area contributed by atoms with Crippen LogP contribution in [-0.2, 0) is 0 Å². The highest BCUT2D eigenvalue weighted by Crippen LogP contribution is 2.32. The number of ketones is 1. The highest BCUT2D eigenvalue weighted by Gasteiger charge is 2.16. The number of rotatable bonds is 6. The SMILES string of the molecule is COc1ccc(Nc2cncc(-c3cccc(C(=O)c4cccs4)c3N)c2)cc1. The molecule has 0 unspecified atom stereocenters. The number of methoxy groups -OCH3 is 1. The number of thiophene rings is 1. The van der Waals surface area contributed by atoms with Crippen molar-refractivity contribution >= 4 is 34.2 Å². The van der Waals surface area contributed by atoms with Crippen LogP contribution in [0.3, 0.4) is 0 Å². The topological polar surface area (TPSA) is 77.2 Å². The summed E-state index contributed by atoms with van der Waals surface area (Å²) in [4.78, 5) is 17.8. The highest BCUT2D eigenvalue weighted by atomic mass is 32.1. The van der Waals surface area contributed by atoms with E-state index < -0.39 is 0 Å². The van der Waals surface area contributed by atoms with Gasteiger partial charge in [-0.25, -0.2) is 0 Å². The fourth-order valence-corrected chi connectivity index (χ4v) is 3.73. The molecule has 0 atom stereocenters. The third-order valence-corrected chi connectivity index (χ3v) is 5.39. The minimum absolute atomic E-state index is 0.0696. The standard InChI is InChI=1S/C23H19N3O2S/c1-28-18-9-7-16(8-10-18)26-17-12-15(13-25-14-17)19-4-2-5-20(22(19)24)23(27)21-6-3-11-29-21/h2-14,26H,24H2,1H3. The number of carbonyl (C=O) groups is 1. The van der Waals surface area contributed by atoms with Gasteiger partial charge in [-0.15, -0.1) is 11.3 Å². The fourth-order valence-electron chi connectivity index (χ4n) is 3.05. The molecule has 0 bridgehead atoms. The van der Waals surface area contributed by atoms with E-state index >= 15 is 0 Å². The summed E-state index contributed by atoms with van der Waals surface area (Å²) >= 11 is 1.41. The van der Waals surface area contributed by atoms with Gasteiger partial charge >= 0.3 is 0 Å². The van der Waals surface area contributed by atoms with Crippen molar-refractivity contribution in [2.45, 2.75) is 0 Å². The lowest BCUT2D eigenvalue weighted by molar-refractivity contribution is 0.104. The lowest BCUT2D eigenvalue weighted by Crippen LogP contribution is -2.05. The van der Waals surface area contributed by atoms with Crippen molar-refractivity contribution in [2.24, 2.45) is 0 Å². The number of pyridine rings is 1. The van der Waals surface area contributed by atoms with Crippen molar-refractivity contribution < 1.29 is 9.53 Å². The lowest BCUT2D eigenvalue weighted by atomic mass is 9.98. The maximum Gasteiger partial charge on any atom is 0.205 e. The van der Waals surface area contributed by atoms with E-state index in [9.17, 15) is 4.79 Å². The average Bonchev–Trinajstić information content (AvgIpc) is 3.29. The number of nitrogen functional groups attached to an aromatic ring is 1. The van der Waals surface area contributed by atoms with Gasteiger partial charge in [0.2, 0.25) is 5.78 Å². The quantitative estimate of drug-likeness (QED) is 0.335. The summed E-state index contributed by atoms with van der Waals surface area (Å²) in [7, 11) is 1.64. The van der Waals surface area contributed by atoms with Crippen molar-refractivity contribution in [3.05, 3.63) is 88.9 Å². The van der Waals surface area contributed by atoms with Crippen LogP contribution in [0.15, 0.2) is 78.4 Å². The molecule has 0 spiro atoms. The zero-order valence-electron chi connectivity index (χ0n) is 15.8. The molecule has 0 aliphatic heterocycles. The Bertz CT molecular complexity index is 1140. The second kappa shape index (κ2) is 8.16. The van der Waals surface area contributed by atoms with Gasteiger partial charge in [0.05, 0.1) is 29.6 Å². The number of benzene rings is 2. The lowest BCUT2D eigenvalue weighted by Gasteiger charge is -2.12. The largest absolute Gasteiger partial charge is 0.497 e. The van der Waals surface area contributed by atoms with E-state index in [0.717, 1.165) is 28.3 Å². The number of nitrogens with one attached hydrogen (secondary N) is 1. The van der Waals surface area contributed by atoms with E-state index in [4.69, 9.17) is 10.5 Å². The first-order valence-corrected chi connectivity index (χ1v) is 9.87. The minimum Gasteiger partial charge on any atom is -0.497 e. The molecule has 29 heavy (non-hydrogen) atoms. The molecular weight excluding hydrogens is 382 g/mol. The van der Waals surface area contributed by atoms with Crippen LogP contribution >= 0.6 is 11.3 Å². The Kier molecular flexibility index (Phi) is 5.27. The summed E-state index contributed by atoms with van der Waals surface area (Å²) in [5.41, 5.74) is 10.7. The number of aromatic nitrogens is 1. The average molecular weight is 401 g/mol. The summed E-state index contributed by atoms with van der Waals surface area (Å²) in [6.45, 7) is 0. The zero-order chi connectivity index (χ0) is 20.2. The van der Waals surface area contributed by atoms with Crippen LogP contribution in [0.2, 0.25) is 0 Å². The number of hydrogen-bond donors (Lipinski definition) is 2. The van der Waals surface area contributed by atoms with Crippen molar-refractivity contribution in [2.75, 3.05) is 18.2 Å². The van der Waals surface area contributed by atoms with Crippen LogP contribution in [-0.4, -0.2) is 17.9 Å². The number of para-hydroxylation sites is 1. The van der Waals surface area contributed by atoms with Crippen LogP contribution in [0.1, 0.15) is 15.2 Å². The van der Waals surface area contributed by atoms with Crippen LogP contribution < -0.4 is 15.8 Å². The molecular formula is C23H19N3O2S. The molecule has 6 heteroatoms. The highest BCUT2D eigenvalue weighted by molar-refractivity contribution is 7.12. The second-order valence-corrected chi connectivity index (χ2v) is 7.34. The summed E-state index contributed by atoms with van der Waals surface area (Å²) in [5, 5.41) is 5.20. The van der Waals surface area contributed by atoms with E-state index in [1.54, 1.807) is 31.6 Å². The molecule has 0 amide bonds. The van der Waals surface area contributed by atoms with Gasteiger partial charge in [-0.3, -0.25) is 9.78 Å². The Balaban J connectivity index is 1.64. The predicted octanol–water partition coefficient (Wildman–Crippen LogP) is 5.38. The Hall–Kier alpha value is -3.64. The predicted molar refractivity (Wildman–Crippen MR) is 118 cm³/mol. The maximum atomic E-state index is 12.8. The van der Waals surface area contributed by atoms with Crippen molar-refractivity contribution in [3.63, 3.8) is 0 Å². The van der Waals surface area contributed by atoms with Gasteiger partial charge in [0, 0.05) is 28.6 Å². The Morgan fingerprint density at radius 3 is 2.59 bits per heavy atom. The smallest absolute Gasteiger partial charge is 0.205 e. The molecule has 0 aliphatic rings. The molecule has 0 radical (unpaired) electrons. The number of carbonyl (C=O) groups excluding carboxylic acids is 1. The second-order valence-electron chi connectivity index (χ2n) is 6.39. The minimum atomic E-state index is -0.0696. The first-order chi connectivity index (χ1) is 14.2. The van der Waals surface area contributed by atoms with E-state index in [2.05, 4.69) is 10.3 Å². The normalized spacial score (nSPS) is 10.5. The number of hydrogen-bond acceptors (Lipinski definition) is 6. The summed E-state index contributed by atoms with van der Waals surface area (Å²) < 4.78 is 5.19. The molecule has 4 rings (SSSR count). The Labute approximate surface area is 172 Å². The number of nitrogens with zero attached hydrogens (tertiary/aromatic N) is 1. The molecule has 2 heterocycles. The van der Waals surface area contributed by atoms with Crippen molar-refractivity contribution in [1.82, 2.24) is 4.98 Å². The number of ether oxygens (including phenoxy) is 1. The first-order valence-electron chi connectivity index (χ1n) is 8.99. The summed E-state index contributed by atoms with van der Waals surface area (Å²) in [6.07, 6.45) is 3.48. The van der Waals surface area contributed by atoms with Crippen LogP contribution in [0.25, 0.3) is 11.1 Å². The van der Waals surface area contributed by atoms with Crippen molar-refractivity contribution in [3.8, 4) is 16.9 Å². The van der Waals surface area contributed by atoms with Crippen molar-refractivity contribution in [1.29, 1.82) is 0 Å². The fraction of sp³-hybridized carbons (Fsp3) is 0.0435. The van der Waals surface area contributed by atoms with Crippen LogP contribution in [0, 0.1) is 0 Å². The first kappa shape index (κ1) is 18.7. The number of nitrogens with two attached hydrogens (primary N) is 1. The molecule has 0 saturated heterocycles. The Morgan fingerprint density at radius 2 is 1.86 bits per heavy atom. The molecule has 2 aromatic carbocycles. The van der Waals surface area contributed by atoms with Gasteiger partial charge in [0.25, 0.3) is 0 Å². The molecule has 0 saturated carbocycles. The molecule has 2 aromatic heterocycles. The molecule has 5 nitrogen and oxygen atoms in total. The monoisotopic (exact) mass is 401 g/mol. The third kappa shape index (κ3) is 3.97. The summed E-state index contributed by atoms with van der Waals surface area (Å²) in [6, 6.07) is 18.8. The molecule has 3 N–H and O–H groups in total. The molecule has 0 fully saturated rings. The molecule has 144 valence electrons. The van der Waals surface area contributed by atoms with Gasteiger partial charge in [-0.1, -0.05) is 18.2 Å². The van der Waals surface area contributed by atoms with Crippen LogP contribution in [0.5, 0.6) is 5.75 Å². The van der Waals surface area contributed by atoms with E-state index in [1.807, 2.05) is 53.9 Å². The molecule has 4 aromatic rings. The third-order valence-electron chi connectivity index (χ3n) is 4.52. The van der Waals surface area contributed by atoms with Gasteiger partial charge in [0.1, 0.15) is 5.75 Å². The van der Waals surface area contributed by atoms with Gasteiger partial charge in [-0.05, 0) is 47.8 Å². The maximum absolute atomic E-state index is 12.8. The van der Waals surface area contributed by atoms with E-state index in [1.165, 1.54) is 11.3 Å². The Morgan fingerprint density at radius 1 is 1.03 bits per heavy atom. The van der Waals surface area contributed by atoms with E-state index in [0.29, 0.717) is 16.1 Å².